The maximum absolute atomic E-state index is 12.6. The van der Waals surface area contributed by atoms with Crippen molar-refractivity contribution in [1.82, 2.24) is 4.98 Å². The summed E-state index contributed by atoms with van der Waals surface area (Å²) < 4.78 is 43.1. The summed E-state index contributed by atoms with van der Waals surface area (Å²) in [5, 5.41) is 0.187. The van der Waals surface area contributed by atoms with Crippen molar-refractivity contribution in [3.05, 3.63) is 52.7 Å². The van der Waals surface area contributed by atoms with Gasteiger partial charge in [-0.3, -0.25) is 0 Å². The van der Waals surface area contributed by atoms with Crippen LogP contribution in [0.15, 0.2) is 36.5 Å². The molecule has 1 aromatic carbocycles. The fourth-order valence-corrected chi connectivity index (χ4v) is 1.77. The molecule has 0 unspecified atom stereocenters. The van der Waals surface area contributed by atoms with Crippen LogP contribution in [0.3, 0.4) is 0 Å². The molecule has 2 aromatic rings. The quantitative estimate of drug-likeness (QED) is 0.932. The van der Waals surface area contributed by atoms with E-state index in [0.717, 1.165) is 12.1 Å². The monoisotopic (exact) mass is 302 g/mol. The molecule has 0 atom stereocenters. The average molecular weight is 303 g/mol. The van der Waals surface area contributed by atoms with Crippen LogP contribution in [0.2, 0.25) is 5.02 Å². The minimum atomic E-state index is -4.43. The van der Waals surface area contributed by atoms with Gasteiger partial charge in [-0.1, -0.05) is 17.7 Å². The third-order valence-electron chi connectivity index (χ3n) is 2.53. The fraction of sp³-hybridized carbons (Fsp3) is 0.154. The Kier molecular flexibility index (Phi) is 4.15. The molecule has 106 valence electrons. The number of aromatic nitrogens is 1. The minimum Gasteiger partial charge on any atom is -0.438 e. The van der Waals surface area contributed by atoms with Crippen molar-refractivity contribution in [3.8, 4) is 11.6 Å². The highest BCUT2D eigenvalue weighted by atomic mass is 35.5. The van der Waals surface area contributed by atoms with Crippen LogP contribution in [0.25, 0.3) is 0 Å². The lowest BCUT2D eigenvalue weighted by molar-refractivity contribution is -0.137. The number of pyridine rings is 1. The van der Waals surface area contributed by atoms with Gasteiger partial charge in [0.1, 0.15) is 10.8 Å². The van der Waals surface area contributed by atoms with Gasteiger partial charge >= 0.3 is 6.18 Å². The van der Waals surface area contributed by atoms with E-state index in [2.05, 4.69) is 4.98 Å². The molecule has 1 aromatic heterocycles. The van der Waals surface area contributed by atoms with Crippen molar-refractivity contribution in [2.75, 3.05) is 0 Å². The molecule has 0 saturated carbocycles. The first-order valence-electron chi connectivity index (χ1n) is 5.60. The Hall–Kier alpha value is -1.79. The SMILES string of the molecule is NCc1ccnc(Oc2cccc(C(F)(F)F)c2)c1Cl. The van der Waals surface area contributed by atoms with Crippen molar-refractivity contribution in [3.63, 3.8) is 0 Å². The summed E-state index contributed by atoms with van der Waals surface area (Å²) in [6.45, 7) is 0.181. The number of alkyl halides is 3. The first-order valence-corrected chi connectivity index (χ1v) is 5.98. The molecule has 0 bridgehead atoms. The number of rotatable bonds is 3. The summed E-state index contributed by atoms with van der Waals surface area (Å²) in [6.07, 6.45) is -3.01. The molecule has 0 aliphatic carbocycles. The number of nitrogens with zero attached hydrogens (tertiary/aromatic N) is 1. The Morgan fingerprint density at radius 1 is 1.25 bits per heavy atom. The summed E-state index contributed by atoms with van der Waals surface area (Å²) in [5.74, 6) is 0.0253. The van der Waals surface area contributed by atoms with E-state index in [0.29, 0.717) is 5.56 Å². The zero-order chi connectivity index (χ0) is 14.8. The van der Waals surface area contributed by atoms with Gasteiger partial charge in [0.15, 0.2) is 0 Å². The fourth-order valence-electron chi connectivity index (χ4n) is 1.54. The van der Waals surface area contributed by atoms with E-state index in [1.54, 1.807) is 6.07 Å². The zero-order valence-electron chi connectivity index (χ0n) is 10.1. The molecule has 7 heteroatoms. The van der Waals surface area contributed by atoms with Gasteiger partial charge in [0.2, 0.25) is 5.88 Å². The van der Waals surface area contributed by atoms with Crippen LogP contribution in [-0.4, -0.2) is 4.98 Å². The number of benzene rings is 1. The van der Waals surface area contributed by atoms with Crippen LogP contribution in [0, 0.1) is 0 Å². The highest BCUT2D eigenvalue weighted by Gasteiger charge is 2.30. The van der Waals surface area contributed by atoms with Gasteiger partial charge in [0.05, 0.1) is 5.56 Å². The minimum absolute atomic E-state index is 0.00314. The van der Waals surface area contributed by atoms with Gasteiger partial charge in [-0.25, -0.2) is 4.98 Å². The van der Waals surface area contributed by atoms with Gasteiger partial charge in [-0.05, 0) is 29.8 Å². The van der Waals surface area contributed by atoms with Gasteiger partial charge in [-0.2, -0.15) is 13.2 Å². The van der Waals surface area contributed by atoms with Crippen LogP contribution in [0.4, 0.5) is 13.2 Å². The molecule has 2 rings (SSSR count). The van der Waals surface area contributed by atoms with Crippen molar-refractivity contribution in [2.45, 2.75) is 12.7 Å². The van der Waals surface area contributed by atoms with Gasteiger partial charge in [0, 0.05) is 12.7 Å². The summed E-state index contributed by atoms with van der Waals surface area (Å²) in [7, 11) is 0. The third kappa shape index (κ3) is 3.20. The normalized spacial score (nSPS) is 11.4. The summed E-state index contributed by atoms with van der Waals surface area (Å²) >= 11 is 6.00. The predicted molar refractivity (Wildman–Crippen MR) is 68.7 cm³/mol. The summed E-state index contributed by atoms with van der Waals surface area (Å²) in [6, 6.07) is 6.09. The van der Waals surface area contributed by atoms with E-state index in [1.165, 1.54) is 18.3 Å². The Morgan fingerprint density at radius 2 is 2.00 bits per heavy atom. The largest absolute Gasteiger partial charge is 0.438 e. The zero-order valence-corrected chi connectivity index (χ0v) is 10.9. The second kappa shape index (κ2) is 5.68. The molecular weight excluding hydrogens is 293 g/mol. The molecule has 1 heterocycles. The lowest BCUT2D eigenvalue weighted by Crippen LogP contribution is -2.04. The number of halogens is 4. The average Bonchev–Trinajstić information content (AvgIpc) is 2.40. The maximum Gasteiger partial charge on any atom is 0.416 e. The van der Waals surface area contributed by atoms with Crippen molar-refractivity contribution in [2.24, 2.45) is 5.73 Å². The lowest BCUT2D eigenvalue weighted by Gasteiger charge is -2.11. The van der Waals surface area contributed by atoms with Crippen LogP contribution in [-0.2, 0) is 12.7 Å². The highest BCUT2D eigenvalue weighted by Crippen LogP contribution is 2.34. The lowest BCUT2D eigenvalue weighted by atomic mass is 10.2. The van der Waals surface area contributed by atoms with E-state index >= 15 is 0 Å². The van der Waals surface area contributed by atoms with Crippen LogP contribution < -0.4 is 10.5 Å². The Labute approximate surface area is 118 Å². The van der Waals surface area contributed by atoms with Crippen molar-refractivity contribution >= 4 is 11.6 Å². The standard InChI is InChI=1S/C13H10ClF3N2O/c14-11-8(7-18)4-5-19-12(11)20-10-3-1-2-9(6-10)13(15,16)17/h1-6H,7,18H2. The molecular formula is C13H10ClF3N2O. The topological polar surface area (TPSA) is 48.1 Å². The third-order valence-corrected chi connectivity index (χ3v) is 2.94. The molecule has 0 saturated heterocycles. The molecule has 0 aliphatic heterocycles. The molecule has 3 nitrogen and oxygen atoms in total. The van der Waals surface area contributed by atoms with Crippen LogP contribution in [0.5, 0.6) is 11.6 Å². The smallest absolute Gasteiger partial charge is 0.416 e. The molecule has 0 fully saturated rings. The van der Waals surface area contributed by atoms with Gasteiger partial charge in [0.25, 0.3) is 0 Å². The molecule has 20 heavy (non-hydrogen) atoms. The van der Waals surface area contributed by atoms with Crippen molar-refractivity contribution < 1.29 is 17.9 Å². The Balaban J connectivity index is 2.31. The van der Waals surface area contributed by atoms with Gasteiger partial charge in [-0.15, -0.1) is 0 Å². The Morgan fingerprint density at radius 3 is 2.65 bits per heavy atom. The highest BCUT2D eigenvalue weighted by molar-refractivity contribution is 6.32. The molecule has 0 amide bonds. The van der Waals surface area contributed by atoms with E-state index < -0.39 is 11.7 Å². The molecule has 0 radical (unpaired) electrons. The maximum atomic E-state index is 12.6. The second-order valence-corrected chi connectivity index (χ2v) is 4.30. The Bertz CT molecular complexity index is 617. The summed E-state index contributed by atoms with van der Waals surface area (Å²) in [4.78, 5) is 3.88. The molecule has 0 spiro atoms. The van der Waals surface area contributed by atoms with Crippen LogP contribution >= 0.6 is 11.6 Å². The number of hydrogen-bond acceptors (Lipinski definition) is 3. The van der Waals surface area contributed by atoms with Crippen LogP contribution in [0.1, 0.15) is 11.1 Å². The molecule has 0 aliphatic rings. The molecule has 2 N–H and O–H groups in total. The number of hydrogen-bond donors (Lipinski definition) is 1. The number of nitrogens with two attached hydrogens (primary N) is 1. The predicted octanol–water partition coefficient (Wildman–Crippen LogP) is 4.00. The first kappa shape index (κ1) is 14.6. The van der Waals surface area contributed by atoms with Crippen molar-refractivity contribution in [1.29, 1.82) is 0 Å². The first-order chi connectivity index (χ1) is 9.41. The van der Waals surface area contributed by atoms with E-state index in [1.807, 2.05) is 0 Å². The summed E-state index contributed by atoms with van der Waals surface area (Å²) in [5.41, 5.74) is 5.27. The number of ether oxygens (including phenoxy) is 1. The van der Waals surface area contributed by atoms with E-state index in [9.17, 15) is 13.2 Å². The second-order valence-electron chi connectivity index (χ2n) is 3.92. The van der Waals surface area contributed by atoms with E-state index in [4.69, 9.17) is 22.1 Å². The van der Waals surface area contributed by atoms with E-state index in [-0.39, 0.29) is 23.2 Å². The van der Waals surface area contributed by atoms with Gasteiger partial charge < -0.3 is 10.5 Å².